The lowest BCUT2D eigenvalue weighted by atomic mass is 10.1. The Morgan fingerprint density at radius 1 is 0.769 bits per heavy atom. The van der Waals surface area contributed by atoms with Gasteiger partial charge in [-0.15, -0.1) is 0 Å². The molecule has 0 radical (unpaired) electrons. The molecule has 0 aliphatic carbocycles. The number of aliphatic imine (C=N–C) groups is 1. The van der Waals surface area contributed by atoms with Gasteiger partial charge in [0.05, 0.1) is 17.7 Å². The van der Waals surface area contributed by atoms with Crippen LogP contribution in [-0.4, -0.2) is 17.7 Å². The Labute approximate surface area is 161 Å². The second-order valence-electron chi connectivity index (χ2n) is 7.64. The van der Waals surface area contributed by atoms with Crippen molar-refractivity contribution in [2.24, 2.45) is 4.99 Å². The van der Waals surface area contributed by atoms with Crippen molar-refractivity contribution in [3.05, 3.63) is 58.7 Å². The molecule has 2 aromatic carbocycles. The van der Waals surface area contributed by atoms with Crippen LogP contribution in [-0.2, 0) is 0 Å². The molecule has 0 bridgehead atoms. The van der Waals surface area contributed by atoms with Crippen LogP contribution in [0.4, 0.5) is 11.4 Å². The van der Waals surface area contributed by atoms with Gasteiger partial charge in [-0.2, -0.15) is 0 Å². The van der Waals surface area contributed by atoms with E-state index < -0.39 is 0 Å². The molecule has 0 saturated heterocycles. The summed E-state index contributed by atoms with van der Waals surface area (Å²) in [5.74, 6) is 0. The van der Waals surface area contributed by atoms with Crippen molar-refractivity contribution in [1.82, 2.24) is 0 Å². The van der Waals surface area contributed by atoms with Gasteiger partial charge in [-0.3, -0.25) is 0 Å². The van der Waals surface area contributed by atoms with Crippen molar-refractivity contribution in [1.29, 1.82) is 0 Å². The molecular formula is C23H33N2P. The summed E-state index contributed by atoms with van der Waals surface area (Å²) in [6.07, 6.45) is 2.09. The van der Waals surface area contributed by atoms with Crippen molar-refractivity contribution >= 4 is 25.8 Å². The summed E-state index contributed by atoms with van der Waals surface area (Å²) in [5, 5.41) is 0. The molecule has 0 atom stereocenters. The van der Waals surface area contributed by atoms with Gasteiger partial charge in [-0.25, -0.2) is 4.99 Å². The summed E-state index contributed by atoms with van der Waals surface area (Å²) in [6.45, 7) is 18.0. The molecule has 0 spiro atoms. The van der Waals surface area contributed by atoms with E-state index in [-0.39, 0.29) is 8.07 Å². The van der Waals surface area contributed by atoms with E-state index >= 15 is 0 Å². The molecule has 140 valence electrons. The standard InChI is InChI=1S/C23H33N2P/c1-16(2)26(17(3)4)25(23-20(7)13-10-14-21(23)8)15-24-22-18(5)11-9-12-19(22)6/h9-17H,1-8H3. The van der Waals surface area contributed by atoms with Crippen LogP contribution in [0.15, 0.2) is 41.4 Å². The first kappa shape index (κ1) is 20.6. The van der Waals surface area contributed by atoms with Crippen LogP contribution in [0, 0.1) is 27.7 Å². The fourth-order valence-corrected chi connectivity index (χ4v) is 6.52. The molecule has 0 fully saturated rings. The maximum Gasteiger partial charge on any atom is 0.0991 e. The van der Waals surface area contributed by atoms with E-state index in [2.05, 4.69) is 103 Å². The monoisotopic (exact) mass is 368 g/mol. The van der Waals surface area contributed by atoms with Gasteiger partial charge in [-0.05, 0) is 61.3 Å². The number of rotatable bonds is 6. The Bertz CT molecular complexity index is 729. The number of benzene rings is 2. The van der Waals surface area contributed by atoms with E-state index in [4.69, 9.17) is 4.99 Å². The second kappa shape index (κ2) is 8.82. The molecule has 0 aliphatic heterocycles. The third-order valence-corrected chi connectivity index (χ3v) is 7.63. The highest BCUT2D eigenvalue weighted by molar-refractivity contribution is 7.61. The first-order chi connectivity index (χ1) is 12.2. The predicted octanol–water partition coefficient (Wildman–Crippen LogP) is 7.30. The van der Waals surface area contributed by atoms with E-state index in [1.54, 1.807) is 0 Å². The normalized spacial score (nSPS) is 12.0. The third-order valence-electron chi connectivity index (χ3n) is 4.71. The largest absolute Gasteiger partial charge is 0.310 e. The molecule has 26 heavy (non-hydrogen) atoms. The molecule has 2 nitrogen and oxygen atoms in total. The van der Waals surface area contributed by atoms with Crippen molar-refractivity contribution in [2.45, 2.75) is 66.7 Å². The second-order valence-corrected chi connectivity index (χ2v) is 10.9. The van der Waals surface area contributed by atoms with Crippen molar-refractivity contribution in [3.8, 4) is 0 Å². The number of nitrogens with zero attached hydrogens (tertiary/aromatic N) is 2. The Morgan fingerprint density at radius 2 is 1.19 bits per heavy atom. The van der Waals surface area contributed by atoms with Crippen LogP contribution in [0.2, 0.25) is 0 Å². The lowest BCUT2D eigenvalue weighted by molar-refractivity contribution is 1.00. The lowest BCUT2D eigenvalue weighted by Gasteiger charge is -2.37. The van der Waals surface area contributed by atoms with Gasteiger partial charge < -0.3 is 4.67 Å². The molecule has 0 amide bonds. The van der Waals surface area contributed by atoms with E-state index in [1.807, 2.05) is 0 Å². The number of anilines is 1. The van der Waals surface area contributed by atoms with Crippen molar-refractivity contribution in [3.63, 3.8) is 0 Å². The number of aryl methyl sites for hydroxylation is 4. The van der Waals surface area contributed by atoms with E-state index in [0.29, 0.717) is 11.3 Å². The van der Waals surface area contributed by atoms with Crippen LogP contribution in [0.5, 0.6) is 0 Å². The van der Waals surface area contributed by atoms with E-state index in [1.165, 1.54) is 27.9 Å². The molecule has 0 aliphatic rings. The molecular weight excluding hydrogens is 335 g/mol. The molecule has 0 N–H and O–H groups in total. The summed E-state index contributed by atoms with van der Waals surface area (Å²) in [6, 6.07) is 12.9. The Morgan fingerprint density at radius 3 is 1.62 bits per heavy atom. The van der Waals surface area contributed by atoms with Gasteiger partial charge in [0.1, 0.15) is 0 Å². The minimum absolute atomic E-state index is 0.382. The fraction of sp³-hybridized carbons (Fsp3) is 0.435. The molecule has 0 unspecified atom stereocenters. The summed E-state index contributed by atoms with van der Waals surface area (Å²) in [4.78, 5) is 4.97. The van der Waals surface area contributed by atoms with Gasteiger partial charge in [0.15, 0.2) is 0 Å². The first-order valence-electron chi connectivity index (χ1n) is 9.48. The zero-order chi connectivity index (χ0) is 19.4. The van der Waals surface area contributed by atoms with Crippen LogP contribution >= 0.6 is 8.07 Å². The smallest absolute Gasteiger partial charge is 0.0991 e. The molecule has 0 aromatic heterocycles. The summed E-state index contributed by atoms with van der Waals surface area (Å²) >= 11 is 0. The Hall–Kier alpha value is -1.66. The quantitative estimate of drug-likeness (QED) is 0.297. The molecule has 3 heteroatoms. The van der Waals surface area contributed by atoms with Crippen molar-refractivity contribution < 1.29 is 0 Å². The van der Waals surface area contributed by atoms with E-state index in [9.17, 15) is 0 Å². The highest BCUT2D eigenvalue weighted by atomic mass is 31.1. The van der Waals surface area contributed by atoms with Crippen LogP contribution in [0.1, 0.15) is 49.9 Å². The number of para-hydroxylation sites is 2. The minimum Gasteiger partial charge on any atom is -0.310 e. The summed E-state index contributed by atoms with van der Waals surface area (Å²) < 4.78 is 2.47. The third kappa shape index (κ3) is 4.54. The van der Waals surface area contributed by atoms with Gasteiger partial charge in [0, 0.05) is 8.07 Å². The van der Waals surface area contributed by atoms with Gasteiger partial charge in [0.25, 0.3) is 0 Å². The average Bonchev–Trinajstić information content (AvgIpc) is 2.53. The highest BCUT2D eigenvalue weighted by Gasteiger charge is 2.26. The van der Waals surface area contributed by atoms with Gasteiger partial charge >= 0.3 is 0 Å². The predicted molar refractivity (Wildman–Crippen MR) is 120 cm³/mol. The SMILES string of the molecule is Cc1cccc(C)c1N=CN(c1c(C)cccc1C)P(C(C)C)C(C)C. The number of hydrogen-bond donors (Lipinski definition) is 0. The molecule has 0 saturated carbocycles. The maximum absolute atomic E-state index is 4.97. The zero-order valence-electron chi connectivity index (χ0n) is 17.5. The van der Waals surface area contributed by atoms with Gasteiger partial charge in [0.2, 0.25) is 0 Å². The van der Waals surface area contributed by atoms with E-state index in [0.717, 1.165) is 5.69 Å². The first-order valence-corrected chi connectivity index (χ1v) is 10.9. The molecule has 2 aromatic rings. The zero-order valence-corrected chi connectivity index (χ0v) is 18.4. The van der Waals surface area contributed by atoms with Crippen LogP contribution in [0.3, 0.4) is 0 Å². The fourth-order valence-electron chi connectivity index (χ4n) is 3.62. The van der Waals surface area contributed by atoms with Crippen LogP contribution in [0.25, 0.3) is 0 Å². The highest BCUT2D eigenvalue weighted by Crippen LogP contribution is 2.52. The number of hydrogen-bond acceptors (Lipinski definition) is 1. The topological polar surface area (TPSA) is 15.6 Å². The minimum atomic E-state index is -0.382. The van der Waals surface area contributed by atoms with Crippen molar-refractivity contribution in [2.75, 3.05) is 4.67 Å². The Kier molecular flexibility index (Phi) is 7.01. The van der Waals surface area contributed by atoms with Gasteiger partial charge in [-0.1, -0.05) is 64.1 Å². The average molecular weight is 369 g/mol. The summed E-state index contributed by atoms with van der Waals surface area (Å²) in [5.41, 5.74) is 8.66. The maximum atomic E-state index is 4.97. The Balaban J connectivity index is 2.59. The molecule has 2 rings (SSSR count). The van der Waals surface area contributed by atoms with Crippen LogP contribution < -0.4 is 4.67 Å². The molecule has 0 heterocycles. The lowest BCUT2D eigenvalue weighted by Crippen LogP contribution is -2.25. The summed E-state index contributed by atoms with van der Waals surface area (Å²) in [7, 11) is -0.382.